The van der Waals surface area contributed by atoms with E-state index in [9.17, 15) is 0 Å². The van der Waals surface area contributed by atoms with Crippen LogP contribution in [0.4, 0.5) is 11.5 Å². The quantitative estimate of drug-likeness (QED) is 0.505. The Balaban J connectivity index is 2.01. The molecule has 0 saturated carbocycles. The molecule has 130 valence electrons. The number of aromatic nitrogens is 2. The molecule has 0 aliphatic rings. The van der Waals surface area contributed by atoms with E-state index in [1.54, 1.807) is 0 Å². The van der Waals surface area contributed by atoms with Crippen molar-refractivity contribution in [3.63, 3.8) is 0 Å². The molecule has 2 heterocycles. The van der Waals surface area contributed by atoms with Crippen molar-refractivity contribution in [1.29, 1.82) is 0 Å². The van der Waals surface area contributed by atoms with Crippen LogP contribution < -0.4 is 0 Å². The second-order valence-corrected chi connectivity index (χ2v) is 7.86. The number of hydrogen-bond acceptors (Lipinski definition) is 3. The summed E-state index contributed by atoms with van der Waals surface area (Å²) in [6, 6.07) is 12.4. The molecule has 4 heteroatoms. The molecule has 0 saturated heterocycles. The molecule has 0 bridgehead atoms. The van der Waals surface area contributed by atoms with Crippen LogP contribution >= 0.6 is 0 Å². The lowest BCUT2D eigenvalue weighted by Crippen LogP contribution is -2.10. The highest BCUT2D eigenvalue weighted by atomic mass is 15.2. The van der Waals surface area contributed by atoms with Crippen LogP contribution in [0, 0.1) is 6.92 Å². The van der Waals surface area contributed by atoms with Crippen LogP contribution in [0.15, 0.2) is 52.8 Å². The van der Waals surface area contributed by atoms with E-state index in [0.717, 1.165) is 28.4 Å². The largest absolute Gasteiger partial charge is 0.283 e. The molecular formula is C21H26N4. The summed E-state index contributed by atoms with van der Waals surface area (Å²) in [5, 5.41) is 9.00. The SMILES string of the molecule is Cc1cccn2c(N=Nc3ccc(C(C)(C)C)cc3)c(C(C)C)nc12. The Morgan fingerprint density at radius 2 is 1.68 bits per heavy atom. The highest BCUT2D eigenvalue weighted by Crippen LogP contribution is 2.31. The number of imidazole rings is 1. The topological polar surface area (TPSA) is 42.0 Å². The predicted octanol–water partition coefficient (Wildman–Crippen LogP) is 6.48. The minimum absolute atomic E-state index is 0.139. The van der Waals surface area contributed by atoms with Crippen LogP contribution in [-0.2, 0) is 5.41 Å². The summed E-state index contributed by atoms with van der Waals surface area (Å²) in [7, 11) is 0. The van der Waals surface area contributed by atoms with E-state index in [-0.39, 0.29) is 11.3 Å². The number of hydrogen-bond donors (Lipinski definition) is 0. The fraction of sp³-hybridized carbons (Fsp3) is 0.381. The smallest absolute Gasteiger partial charge is 0.183 e. The second-order valence-electron chi connectivity index (χ2n) is 7.86. The van der Waals surface area contributed by atoms with Gasteiger partial charge in [-0.2, -0.15) is 0 Å². The van der Waals surface area contributed by atoms with Crippen LogP contribution in [0.25, 0.3) is 5.65 Å². The van der Waals surface area contributed by atoms with Crippen LogP contribution in [0.5, 0.6) is 0 Å². The molecule has 0 aliphatic heterocycles. The van der Waals surface area contributed by atoms with Gasteiger partial charge in [0, 0.05) is 6.20 Å². The summed E-state index contributed by atoms with van der Waals surface area (Å²) in [5.41, 5.74) is 5.35. The summed E-state index contributed by atoms with van der Waals surface area (Å²) in [4.78, 5) is 4.78. The first kappa shape index (κ1) is 17.3. The second kappa shape index (κ2) is 6.43. The third kappa shape index (κ3) is 3.48. The van der Waals surface area contributed by atoms with E-state index in [1.807, 2.05) is 28.8 Å². The standard InChI is InChI=1S/C21H26N4/c1-14(2)18-20(25-13-7-8-15(3)19(25)22-18)24-23-17-11-9-16(10-12-17)21(4,5)6/h7-14H,1-6H3. The van der Waals surface area contributed by atoms with Crippen molar-refractivity contribution < 1.29 is 0 Å². The van der Waals surface area contributed by atoms with Gasteiger partial charge in [0.1, 0.15) is 5.65 Å². The third-order valence-corrected chi connectivity index (χ3v) is 4.39. The first-order chi connectivity index (χ1) is 11.8. The maximum Gasteiger partial charge on any atom is 0.183 e. The Kier molecular flexibility index (Phi) is 4.46. The number of rotatable bonds is 3. The summed E-state index contributed by atoms with van der Waals surface area (Å²) < 4.78 is 2.03. The number of aryl methyl sites for hydroxylation is 1. The molecule has 3 aromatic rings. The zero-order valence-corrected chi connectivity index (χ0v) is 15.9. The van der Waals surface area contributed by atoms with Crippen molar-refractivity contribution in [3.8, 4) is 0 Å². The van der Waals surface area contributed by atoms with E-state index in [1.165, 1.54) is 5.56 Å². The molecule has 1 aromatic carbocycles. The summed E-state index contributed by atoms with van der Waals surface area (Å²) in [6.45, 7) is 13.0. The number of pyridine rings is 1. The molecule has 0 N–H and O–H groups in total. The average Bonchev–Trinajstić information content (AvgIpc) is 2.93. The molecule has 0 amide bonds. The van der Waals surface area contributed by atoms with E-state index in [4.69, 9.17) is 4.98 Å². The molecule has 0 atom stereocenters. The minimum Gasteiger partial charge on any atom is -0.283 e. The Labute approximate surface area is 149 Å². The Hall–Kier alpha value is -2.49. The van der Waals surface area contributed by atoms with Crippen molar-refractivity contribution in [2.75, 3.05) is 0 Å². The molecule has 0 radical (unpaired) electrons. The van der Waals surface area contributed by atoms with Gasteiger partial charge in [0.2, 0.25) is 0 Å². The van der Waals surface area contributed by atoms with E-state index >= 15 is 0 Å². The van der Waals surface area contributed by atoms with Crippen molar-refractivity contribution >= 4 is 17.2 Å². The minimum atomic E-state index is 0.139. The maximum atomic E-state index is 4.78. The monoisotopic (exact) mass is 334 g/mol. The average molecular weight is 334 g/mol. The molecule has 3 rings (SSSR count). The highest BCUT2D eigenvalue weighted by molar-refractivity contribution is 5.57. The summed E-state index contributed by atoms with van der Waals surface area (Å²) in [5.74, 6) is 1.10. The van der Waals surface area contributed by atoms with Crippen LogP contribution in [0.1, 0.15) is 57.4 Å². The molecular weight excluding hydrogens is 308 g/mol. The lowest BCUT2D eigenvalue weighted by Gasteiger charge is -2.18. The number of azo groups is 1. The molecule has 0 spiro atoms. The molecule has 0 aliphatic carbocycles. The van der Waals surface area contributed by atoms with Crippen molar-refractivity contribution in [2.24, 2.45) is 10.2 Å². The fourth-order valence-corrected chi connectivity index (χ4v) is 2.83. The Morgan fingerprint density at radius 1 is 1.00 bits per heavy atom. The van der Waals surface area contributed by atoms with E-state index < -0.39 is 0 Å². The molecule has 4 nitrogen and oxygen atoms in total. The number of benzene rings is 1. The first-order valence-electron chi connectivity index (χ1n) is 8.77. The molecule has 0 unspecified atom stereocenters. The molecule has 0 fully saturated rings. The zero-order valence-electron chi connectivity index (χ0n) is 15.9. The lowest BCUT2D eigenvalue weighted by atomic mass is 9.87. The zero-order chi connectivity index (χ0) is 18.2. The third-order valence-electron chi connectivity index (χ3n) is 4.39. The number of fused-ring (bicyclic) bond motifs is 1. The normalized spacial score (nSPS) is 12.6. The van der Waals surface area contributed by atoms with Gasteiger partial charge in [0.15, 0.2) is 5.82 Å². The Morgan fingerprint density at radius 3 is 2.28 bits per heavy atom. The van der Waals surface area contributed by atoms with E-state index in [0.29, 0.717) is 0 Å². The molecule has 2 aromatic heterocycles. The van der Waals surface area contributed by atoms with Crippen LogP contribution in [0.3, 0.4) is 0 Å². The lowest BCUT2D eigenvalue weighted by molar-refractivity contribution is 0.590. The fourth-order valence-electron chi connectivity index (χ4n) is 2.83. The van der Waals surface area contributed by atoms with Gasteiger partial charge in [-0.3, -0.25) is 4.40 Å². The van der Waals surface area contributed by atoms with Gasteiger partial charge >= 0.3 is 0 Å². The van der Waals surface area contributed by atoms with Gasteiger partial charge in [-0.25, -0.2) is 4.98 Å². The summed E-state index contributed by atoms with van der Waals surface area (Å²) in [6.07, 6.45) is 2.00. The van der Waals surface area contributed by atoms with E-state index in [2.05, 4.69) is 70.0 Å². The van der Waals surface area contributed by atoms with Gasteiger partial charge < -0.3 is 0 Å². The van der Waals surface area contributed by atoms with Gasteiger partial charge in [-0.1, -0.05) is 52.8 Å². The number of nitrogens with zero attached hydrogens (tertiary/aromatic N) is 4. The van der Waals surface area contributed by atoms with Crippen LogP contribution in [0.2, 0.25) is 0 Å². The highest BCUT2D eigenvalue weighted by Gasteiger charge is 2.16. The van der Waals surface area contributed by atoms with Gasteiger partial charge in [-0.15, -0.1) is 10.2 Å². The van der Waals surface area contributed by atoms with Crippen LogP contribution in [-0.4, -0.2) is 9.38 Å². The van der Waals surface area contributed by atoms with Gasteiger partial charge in [-0.05, 0) is 47.6 Å². The Bertz CT molecular complexity index is 909. The predicted molar refractivity (Wildman–Crippen MR) is 103 cm³/mol. The first-order valence-corrected chi connectivity index (χ1v) is 8.77. The molecule has 25 heavy (non-hydrogen) atoms. The van der Waals surface area contributed by atoms with Crippen molar-refractivity contribution in [2.45, 2.75) is 52.9 Å². The maximum absolute atomic E-state index is 4.78. The van der Waals surface area contributed by atoms with Gasteiger partial charge in [0.05, 0.1) is 11.4 Å². The van der Waals surface area contributed by atoms with Crippen molar-refractivity contribution in [3.05, 3.63) is 59.4 Å². The van der Waals surface area contributed by atoms with Crippen molar-refractivity contribution in [1.82, 2.24) is 9.38 Å². The van der Waals surface area contributed by atoms with Gasteiger partial charge in [0.25, 0.3) is 0 Å². The summed E-state index contributed by atoms with van der Waals surface area (Å²) >= 11 is 0.